The topological polar surface area (TPSA) is 73.3 Å². The van der Waals surface area contributed by atoms with Crippen LogP contribution < -0.4 is 9.80 Å². The Morgan fingerprint density at radius 3 is 2.42 bits per heavy atom. The number of nitrogens with zero attached hydrogens (tertiary/aromatic N) is 7. The summed E-state index contributed by atoms with van der Waals surface area (Å²) in [7, 11) is 0. The molecule has 3 heterocycles. The molecule has 0 aliphatic carbocycles. The van der Waals surface area contributed by atoms with Crippen LogP contribution in [0.4, 0.5) is 11.4 Å². The second-order valence-electron chi connectivity index (χ2n) is 6.81. The molecule has 4 rings (SSSR count). The predicted octanol–water partition coefficient (Wildman–Crippen LogP) is 2.45. The van der Waals surface area contributed by atoms with E-state index in [2.05, 4.69) is 51.1 Å². The van der Waals surface area contributed by atoms with E-state index >= 15 is 0 Å². The zero-order chi connectivity index (χ0) is 18.1. The molecular formula is C19H21N7. The minimum absolute atomic E-state index is 0.337. The summed E-state index contributed by atoms with van der Waals surface area (Å²) >= 11 is 0. The number of piperazine rings is 1. The summed E-state index contributed by atoms with van der Waals surface area (Å²) in [5.41, 5.74) is 4.64. The van der Waals surface area contributed by atoms with Crippen molar-refractivity contribution in [1.29, 1.82) is 5.26 Å². The minimum Gasteiger partial charge on any atom is -0.367 e. The van der Waals surface area contributed by atoms with E-state index in [-0.39, 0.29) is 0 Å². The fourth-order valence-corrected chi connectivity index (χ4v) is 3.38. The van der Waals surface area contributed by atoms with Crippen molar-refractivity contribution in [3.05, 3.63) is 47.9 Å². The molecule has 0 saturated carbocycles. The zero-order valence-electron chi connectivity index (χ0n) is 15.0. The molecule has 132 valence electrons. The lowest BCUT2D eigenvalue weighted by atomic mass is 10.1. The lowest BCUT2D eigenvalue weighted by Crippen LogP contribution is -2.47. The first-order chi connectivity index (χ1) is 12.7. The molecule has 0 unspecified atom stereocenters. The van der Waals surface area contributed by atoms with E-state index in [1.807, 2.05) is 24.3 Å². The van der Waals surface area contributed by atoms with Crippen LogP contribution in [0.1, 0.15) is 31.0 Å². The third-order valence-electron chi connectivity index (χ3n) is 4.84. The summed E-state index contributed by atoms with van der Waals surface area (Å²) in [6, 6.07) is 12.2. The molecule has 1 saturated heterocycles. The maximum atomic E-state index is 9.34. The number of anilines is 2. The Labute approximate surface area is 152 Å². The maximum Gasteiger partial charge on any atom is 0.200 e. The molecule has 0 radical (unpaired) electrons. The van der Waals surface area contributed by atoms with E-state index in [1.165, 1.54) is 0 Å². The molecule has 0 amide bonds. The smallest absolute Gasteiger partial charge is 0.200 e. The average Bonchev–Trinajstić information content (AvgIpc) is 3.16. The first-order valence-corrected chi connectivity index (χ1v) is 8.87. The summed E-state index contributed by atoms with van der Waals surface area (Å²) in [6.45, 7) is 7.72. The van der Waals surface area contributed by atoms with Crippen LogP contribution in [0.15, 0.2) is 36.7 Å². The monoisotopic (exact) mass is 347 g/mol. The van der Waals surface area contributed by atoms with Gasteiger partial charge in [0.05, 0.1) is 22.6 Å². The van der Waals surface area contributed by atoms with Gasteiger partial charge < -0.3 is 9.80 Å². The zero-order valence-corrected chi connectivity index (χ0v) is 15.0. The van der Waals surface area contributed by atoms with Crippen LogP contribution >= 0.6 is 0 Å². The number of hydrogen-bond donors (Lipinski definition) is 0. The van der Waals surface area contributed by atoms with Crippen molar-refractivity contribution in [3.8, 4) is 6.07 Å². The van der Waals surface area contributed by atoms with Crippen molar-refractivity contribution in [3.63, 3.8) is 0 Å². The van der Waals surface area contributed by atoms with E-state index in [9.17, 15) is 5.26 Å². The Morgan fingerprint density at radius 2 is 1.73 bits per heavy atom. The SMILES string of the molecule is CC(C)c1cc(N2CCN(c3ccccc3C#N)CC2)c2nncn2n1. The van der Waals surface area contributed by atoms with Gasteiger partial charge in [0.1, 0.15) is 12.4 Å². The van der Waals surface area contributed by atoms with Gasteiger partial charge in [-0.1, -0.05) is 26.0 Å². The van der Waals surface area contributed by atoms with Crippen LogP contribution in [0, 0.1) is 11.3 Å². The van der Waals surface area contributed by atoms with Crippen molar-refractivity contribution in [2.45, 2.75) is 19.8 Å². The Hall–Kier alpha value is -3.14. The second-order valence-corrected chi connectivity index (χ2v) is 6.81. The molecule has 1 aliphatic rings. The normalized spacial score (nSPS) is 14.8. The van der Waals surface area contributed by atoms with Gasteiger partial charge >= 0.3 is 0 Å². The number of aromatic nitrogens is 4. The van der Waals surface area contributed by atoms with Crippen LogP contribution in [0.3, 0.4) is 0 Å². The van der Waals surface area contributed by atoms with Gasteiger partial charge in [-0.25, -0.2) is 0 Å². The Morgan fingerprint density at radius 1 is 1.04 bits per heavy atom. The lowest BCUT2D eigenvalue weighted by Gasteiger charge is -2.37. The second kappa shape index (κ2) is 6.64. The molecular weight excluding hydrogens is 326 g/mol. The fraction of sp³-hybridized carbons (Fsp3) is 0.368. The summed E-state index contributed by atoms with van der Waals surface area (Å²) in [5, 5.41) is 22.2. The number of fused-ring (bicyclic) bond motifs is 1. The maximum absolute atomic E-state index is 9.34. The number of nitriles is 1. The standard InChI is InChI=1S/C19H21N7/c1-14(2)16-11-18(19-22-21-13-26(19)23-16)25-9-7-24(8-10-25)17-6-4-3-5-15(17)12-20/h3-6,11,13-14H,7-10H2,1-2H3. The number of benzene rings is 1. The molecule has 1 aromatic carbocycles. The van der Waals surface area contributed by atoms with Gasteiger partial charge in [-0.15, -0.1) is 10.2 Å². The number of hydrogen-bond acceptors (Lipinski definition) is 6. The van der Waals surface area contributed by atoms with E-state index in [1.54, 1.807) is 10.8 Å². The predicted molar refractivity (Wildman–Crippen MR) is 100 cm³/mol. The van der Waals surface area contributed by atoms with E-state index < -0.39 is 0 Å². The van der Waals surface area contributed by atoms with Crippen molar-refractivity contribution in [2.75, 3.05) is 36.0 Å². The molecule has 26 heavy (non-hydrogen) atoms. The summed E-state index contributed by atoms with van der Waals surface area (Å²) in [5.74, 6) is 0.337. The molecule has 7 heteroatoms. The molecule has 3 aromatic rings. The highest BCUT2D eigenvalue weighted by atomic mass is 15.4. The van der Waals surface area contributed by atoms with Crippen LogP contribution in [0.25, 0.3) is 5.65 Å². The molecule has 0 atom stereocenters. The first kappa shape index (κ1) is 16.3. The number of rotatable bonds is 3. The van der Waals surface area contributed by atoms with Crippen molar-refractivity contribution < 1.29 is 0 Å². The quantitative estimate of drug-likeness (QED) is 0.724. The molecule has 7 nitrogen and oxygen atoms in total. The molecule has 2 aromatic heterocycles. The average molecular weight is 347 g/mol. The third kappa shape index (κ3) is 2.84. The van der Waals surface area contributed by atoms with E-state index in [0.29, 0.717) is 5.92 Å². The van der Waals surface area contributed by atoms with Crippen molar-refractivity contribution in [1.82, 2.24) is 19.8 Å². The van der Waals surface area contributed by atoms with Crippen LogP contribution in [0.5, 0.6) is 0 Å². The van der Waals surface area contributed by atoms with Crippen molar-refractivity contribution in [2.24, 2.45) is 0 Å². The molecule has 0 spiro atoms. The van der Waals surface area contributed by atoms with Crippen LogP contribution in [-0.2, 0) is 0 Å². The Kier molecular flexibility index (Phi) is 4.17. The Balaban J connectivity index is 1.60. The minimum atomic E-state index is 0.337. The van der Waals surface area contributed by atoms with Gasteiger partial charge in [-0.3, -0.25) is 0 Å². The van der Waals surface area contributed by atoms with Gasteiger partial charge in [-0.2, -0.15) is 14.9 Å². The van der Waals surface area contributed by atoms with Gasteiger partial charge in [-0.05, 0) is 24.1 Å². The summed E-state index contributed by atoms with van der Waals surface area (Å²) in [4.78, 5) is 4.61. The van der Waals surface area contributed by atoms with Crippen LogP contribution in [0.2, 0.25) is 0 Å². The Bertz CT molecular complexity index is 961. The first-order valence-electron chi connectivity index (χ1n) is 8.87. The summed E-state index contributed by atoms with van der Waals surface area (Å²) < 4.78 is 1.77. The van der Waals surface area contributed by atoms with Crippen molar-refractivity contribution >= 4 is 17.0 Å². The van der Waals surface area contributed by atoms with Gasteiger partial charge in [0.2, 0.25) is 5.65 Å². The molecule has 0 bridgehead atoms. The third-order valence-corrected chi connectivity index (χ3v) is 4.84. The van der Waals surface area contributed by atoms with Gasteiger partial charge in [0.25, 0.3) is 0 Å². The lowest BCUT2D eigenvalue weighted by molar-refractivity contribution is 0.650. The van der Waals surface area contributed by atoms with E-state index in [0.717, 1.165) is 54.5 Å². The largest absolute Gasteiger partial charge is 0.367 e. The number of para-hydroxylation sites is 1. The van der Waals surface area contributed by atoms with Gasteiger partial charge in [0.15, 0.2) is 0 Å². The van der Waals surface area contributed by atoms with Gasteiger partial charge in [0, 0.05) is 26.2 Å². The molecule has 1 fully saturated rings. The summed E-state index contributed by atoms with van der Waals surface area (Å²) in [6.07, 6.45) is 1.66. The highest BCUT2D eigenvalue weighted by Crippen LogP contribution is 2.27. The van der Waals surface area contributed by atoms with E-state index in [4.69, 9.17) is 0 Å². The van der Waals surface area contributed by atoms with Crippen LogP contribution in [-0.4, -0.2) is 46.0 Å². The fourth-order valence-electron chi connectivity index (χ4n) is 3.38. The molecule has 0 N–H and O–H groups in total. The highest BCUT2D eigenvalue weighted by molar-refractivity contribution is 5.69. The highest BCUT2D eigenvalue weighted by Gasteiger charge is 2.22. The molecule has 1 aliphatic heterocycles.